The molecule has 0 radical (unpaired) electrons. The Morgan fingerprint density at radius 2 is 2.22 bits per heavy atom. The molecule has 1 heterocycles. The van der Waals surface area contributed by atoms with Gasteiger partial charge in [0.2, 0.25) is 0 Å². The fourth-order valence-corrected chi connectivity index (χ4v) is 1.27. The molecule has 0 aliphatic rings. The quantitative estimate of drug-likeness (QED) is 0.644. The van der Waals surface area contributed by atoms with Gasteiger partial charge in [0.15, 0.2) is 5.69 Å². The molecule has 2 rings (SSSR count). The third-order valence-corrected chi connectivity index (χ3v) is 2.10. The van der Waals surface area contributed by atoms with E-state index in [0.29, 0.717) is 0 Å². The predicted octanol–water partition coefficient (Wildman–Crippen LogP) is 1.01. The number of halogens is 1. The van der Waals surface area contributed by atoms with Crippen LogP contribution < -0.4 is 0 Å². The van der Waals surface area contributed by atoms with Crippen LogP contribution in [0, 0.1) is 15.9 Å². The number of aromatic carboxylic acids is 1. The van der Waals surface area contributed by atoms with E-state index in [9.17, 15) is 19.3 Å². The van der Waals surface area contributed by atoms with Gasteiger partial charge in [-0.2, -0.15) is 0 Å². The number of carbonyl (C=O) groups is 1. The topological polar surface area (TPSA) is 111 Å². The number of nitro benzene ring substituents is 1. The summed E-state index contributed by atoms with van der Waals surface area (Å²) < 4.78 is 14.3. The highest BCUT2D eigenvalue weighted by Gasteiger charge is 2.15. The molecule has 92 valence electrons. The van der Waals surface area contributed by atoms with E-state index in [1.165, 1.54) is 0 Å². The van der Waals surface area contributed by atoms with E-state index in [0.717, 1.165) is 29.1 Å². The summed E-state index contributed by atoms with van der Waals surface area (Å²) in [4.78, 5) is 20.4. The molecule has 8 nitrogen and oxygen atoms in total. The lowest BCUT2D eigenvalue weighted by Crippen LogP contribution is -2.00. The first-order valence-corrected chi connectivity index (χ1v) is 4.59. The molecule has 9 heteroatoms. The third-order valence-electron chi connectivity index (χ3n) is 2.10. The summed E-state index contributed by atoms with van der Waals surface area (Å²) in [7, 11) is 0. The van der Waals surface area contributed by atoms with Crippen molar-refractivity contribution < 1.29 is 19.2 Å². The number of carboxylic acid groups (broad SMARTS) is 1. The summed E-state index contributed by atoms with van der Waals surface area (Å²) in [5.74, 6) is -2.10. The number of nitro groups is 1. The van der Waals surface area contributed by atoms with Gasteiger partial charge in [0.25, 0.3) is 5.69 Å². The molecule has 0 atom stereocenters. The summed E-state index contributed by atoms with van der Waals surface area (Å²) in [6.07, 6.45) is 0.963. The molecule has 0 aliphatic carbocycles. The molecule has 0 unspecified atom stereocenters. The summed E-state index contributed by atoms with van der Waals surface area (Å²) in [5, 5.41) is 25.9. The number of non-ortho nitro benzene ring substituents is 1. The Hall–Kier alpha value is -2.84. The van der Waals surface area contributed by atoms with E-state index in [1.807, 2.05) is 0 Å². The number of rotatable bonds is 3. The second-order valence-corrected chi connectivity index (χ2v) is 3.25. The maximum absolute atomic E-state index is 13.5. The van der Waals surface area contributed by atoms with Crippen molar-refractivity contribution in [3.63, 3.8) is 0 Å². The lowest BCUT2D eigenvalue weighted by Gasteiger charge is -2.01. The normalized spacial score (nSPS) is 10.3. The smallest absolute Gasteiger partial charge is 0.358 e. The first-order valence-electron chi connectivity index (χ1n) is 4.59. The van der Waals surface area contributed by atoms with E-state index in [1.54, 1.807) is 0 Å². The molecule has 1 N–H and O–H groups in total. The molecule has 0 spiro atoms. The van der Waals surface area contributed by atoms with Gasteiger partial charge in [-0.3, -0.25) is 10.1 Å². The number of hydrogen-bond acceptors (Lipinski definition) is 5. The van der Waals surface area contributed by atoms with Crippen LogP contribution in [0.15, 0.2) is 24.4 Å². The van der Waals surface area contributed by atoms with Crippen LogP contribution in [0.1, 0.15) is 10.5 Å². The first-order chi connectivity index (χ1) is 8.49. The molecule has 18 heavy (non-hydrogen) atoms. The lowest BCUT2D eigenvalue weighted by molar-refractivity contribution is -0.384. The lowest BCUT2D eigenvalue weighted by atomic mass is 10.2. The number of aromatic nitrogens is 3. The average molecular weight is 252 g/mol. The van der Waals surface area contributed by atoms with Gasteiger partial charge in [-0.05, 0) is 6.07 Å². The Labute approximate surface area is 98.4 Å². The van der Waals surface area contributed by atoms with E-state index in [-0.39, 0.29) is 17.1 Å². The Kier molecular flexibility index (Phi) is 2.72. The summed E-state index contributed by atoms with van der Waals surface area (Å²) in [6, 6.07) is 2.83. The van der Waals surface area contributed by atoms with Gasteiger partial charge in [-0.15, -0.1) is 5.10 Å². The fraction of sp³-hybridized carbons (Fsp3) is 0. The number of hydrogen-bond donors (Lipinski definition) is 1. The van der Waals surface area contributed by atoms with Crippen LogP contribution in [-0.4, -0.2) is 31.0 Å². The van der Waals surface area contributed by atoms with Gasteiger partial charge >= 0.3 is 5.97 Å². The van der Waals surface area contributed by atoms with Crippen molar-refractivity contribution in [3.05, 3.63) is 46.0 Å². The maximum Gasteiger partial charge on any atom is 0.358 e. The second kappa shape index (κ2) is 4.20. The van der Waals surface area contributed by atoms with Crippen LogP contribution in [-0.2, 0) is 0 Å². The maximum atomic E-state index is 13.5. The monoisotopic (exact) mass is 252 g/mol. The van der Waals surface area contributed by atoms with Crippen molar-refractivity contribution >= 4 is 11.7 Å². The molecule has 0 amide bonds. The van der Waals surface area contributed by atoms with E-state index in [2.05, 4.69) is 10.3 Å². The van der Waals surface area contributed by atoms with Gasteiger partial charge in [-0.25, -0.2) is 13.9 Å². The zero-order chi connectivity index (χ0) is 13.3. The van der Waals surface area contributed by atoms with Gasteiger partial charge in [0, 0.05) is 12.1 Å². The molecule has 0 fully saturated rings. The van der Waals surface area contributed by atoms with Gasteiger partial charge in [-0.1, -0.05) is 5.21 Å². The van der Waals surface area contributed by atoms with E-state index < -0.39 is 16.7 Å². The predicted molar refractivity (Wildman–Crippen MR) is 54.9 cm³/mol. The molecule has 0 saturated carbocycles. The molecule has 0 saturated heterocycles. The fourth-order valence-electron chi connectivity index (χ4n) is 1.27. The van der Waals surface area contributed by atoms with Crippen molar-refractivity contribution in [2.75, 3.05) is 0 Å². The average Bonchev–Trinajstić information content (AvgIpc) is 2.78. The number of benzene rings is 1. The van der Waals surface area contributed by atoms with Crippen LogP contribution in [0.5, 0.6) is 0 Å². The molecule has 0 aliphatic heterocycles. The van der Waals surface area contributed by atoms with E-state index >= 15 is 0 Å². The highest BCUT2D eigenvalue weighted by Crippen LogP contribution is 2.19. The van der Waals surface area contributed by atoms with Gasteiger partial charge < -0.3 is 5.11 Å². The summed E-state index contributed by atoms with van der Waals surface area (Å²) in [5.41, 5.74) is -0.969. The van der Waals surface area contributed by atoms with Crippen LogP contribution in [0.2, 0.25) is 0 Å². The van der Waals surface area contributed by atoms with Crippen molar-refractivity contribution in [2.45, 2.75) is 0 Å². The molecule has 2 aromatic rings. The molecule has 0 bridgehead atoms. The minimum Gasteiger partial charge on any atom is -0.476 e. The summed E-state index contributed by atoms with van der Waals surface area (Å²) in [6.45, 7) is 0. The summed E-state index contributed by atoms with van der Waals surface area (Å²) >= 11 is 0. The zero-order valence-corrected chi connectivity index (χ0v) is 8.65. The minimum absolute atomic E-state index is 0.246. The molecular weight excluding hydrogens is 247 g/mol. The first kappa shape index (κ1) is 11.6. The molecule has 1 aromatic carbocycles. The number of carboxylic acids is 1. The van der Waals surface area contributed by atoms with Crippen LogP contribution >= 0.6 is 0 Å². The van der Waals surface area contributed by atoms with Crippen molar-refractivity contribution in [3.8, 4) is 5.69 Å². The zero-order valence-electron chi connectivity index (χ0n) is 8.65. The number of nitrogens with zero attached hydrogens (tertiary/aromatic N) is 4. The highest BCUT2D eigenvalue weighted by atomic mass is 19.1. The third kappa shape index (κ3) is 2.00. The van der Waals surface area contributed by atoms with Gasteiger partial charge in [0.1, 0.15) is 11.5 Å². The Morgan fingerprint density at radius 1 is 1.50 bits per heavy atom. The van der Waals surface area contributed by atoms with Crippen LogP contribution in [0.4, 0.5) is 10.1 Å². The van der Waals surface area contributed by atoms with Crippen LogP contribution in [0.25, 0.3) is 5.69 Å². The minimum atomic E-state index is -1.33. The largest absolute Gasteiger partial charge is 0.476 e. The Balaban J connectivity index is 2.51. The SMILES string of the molecule is O=C(O)c1cn(-c2cc([N+](=O)[O-])ccc2F)nn1. The Bertz CT molecular complexity index is 639. The van der Waals surface area contributed by atoms with Crippen molar-refractivity contribution in [1.82, 2.24) is 15.0 Å². The second-order valence-electron chi connectivity index (χ2n) is 3.25. The van der Waals surface area contributed by atoms with Crippen molar-refractivity contribution in [1.29, 1.82) is 0 Å². The standard InChI is InChI=1S/C9H5FN4O4/c10-6-2-1-5(14(17)18)3-8(6)13-4-7(9(15)16)11-12-13/h1-4H,(H,15,16). The van der Waals surface area contributed by atoms with Gasteiger partial charge in [0.05, 0.1) is 11.1 Å². The van der Waals surface area contributed by atoms with Crippen molar-refractivity contribution in [2.24, 2.45) is 0 Å². The molecular formula is C9H5FN4O4. The Morgan fingerprint density at radius 3 is 2.78 bits per heavy atom. The van der Waals surface area contributed by atoms with Crippen LogP contribution in [0.3, 0.4) is 0 Å². The van der Waals surface area contributed by atoms with E-state index in [4.69, 9.17) is 5.11 Å². The molecule has 1 aromatic heterocycles. The highest BCUT2D eigenvalue weighted by molar-refractivity contribution is 5.84.